The molecule has 1 saturated carbocycles. The Labute approximate surface area is 235 Å². The van der Waals surface area contributed by atoms with Crippen molar-refractivity contribution in [2.75, 3.05) is 32.7 Å². The molecule has 1 aromatic heterocycles. The van der Waals surface area contributed by atoms with E-state index in [0.29, 0.717) is 6.54 Å². The summed E-state index contributed by atoms with van der Waals surface area (Å²) in [5.41, 5.74) is 7.35. The highest BCUT2D eigenvalue weighted by Crippen LogP contribution is 2.31. The van der Waals surface area contributed by atoms with E-state index < -0.39 is 0 Å². The Balaban J connectivity index is 1.02. The number of carbonyl (C=O) groups excluding carboxylic acids is 1. The molecule has 1 unspecified atom stereocenters. The fourth-order valence-corrected chi connectivity index (χ4v) is 6.06. The average Bonchev–Trinajstić information content (AvgIpc) is 3.68. The molecule has 40 heavy (non-hydrogen) atoms. The van der Waals surface area contributed by atoms with Crippen molar-refractivity contribution in [3.8, 4) is 0 Å². The van der Waals surface area contributed by atoms with E-state index in [0.717, 1.165) is 45.9 Å². The van der Waals surface area contributed by atoms with Gasteiger partial charge in [0.2, 0.25) is 5.91 Å². The third kappa shape index (κ3) is 5.37. The molecule has 3 fully saturated rings. The number of aromatic nitrogens is 2. The van der Waals surface area contributed by atoms with Crippen LogP contribution in [0.3, 0.4) is 0 Å². The first-order valence-corrected chi connectivity index (χ1v) is 14.5. The number of hydrogen-bond donors (Lipinski definition) is 2. The number of amides is 1. The van der Waals surface area contributed by atoms with E-state index in [1.165, 1.54) is 50.1 Å². The highest BCUT2D eigenvalue weighted by Gasteiger charge is 2.31. The third-order valence-electron chi connectivity index (χ3n) is 8.53. The second-order valence-corrected chi connectivity index (χ2v) is 11.3. The minimum Gasteiger partial charge on any atom is -0.351 e. The Morgan fingerprint density at radius 3 is 2.42 bits per heavy atom. The van der Waals surface area contributed by atoms with Crippen LogP contribution in [-0.2, 0) is 11.3 Å². The van der Waals surface area contributed by atoms with Gasteiger partial charge in [-0.15, -0.1) is 0 Å². The number of rotatable bonds is 7. The third-order valence-corrected chi connectivity index (χ3v) is 8.53. The van der Waals surface area contributed by atoms with E-state index in [4.69, 9.17) is 0 Å². The van der Waals surface area contributed by atoms with Gasteiger partial charge in [0.15, 0.2) is 0 Å². The summed E-state index contributed by atoms with van der Waals surface area (Å²) in [7, 11) is 0. The summed E-state index contributed by atoms with van der Waals surface area (Å²) in [5, 5.41) is 11.8. The van der Waals surface area contributed by atoms with Crippen LogP contribution in [0.15, 0.2) is 78.4 Å². The van der Waals surface area contributed by atoms with Gasteiger partial charge in [-0.3, -0.25) is 19.7 Å². The van der Waals surface area contributed by atoms with Crippen LogP contribution in [-0.4, -0.2) is 64.7 Å². The zero-order valence-electron chi connectivity index (χ0n) is 22.7. The van der Waals surface area contributed by atoms with Gasteiger partial charge in [0.1, 0.15) is 0 Å². The number of H-pyrrole nitrogens is 1. The molecule has 2 saturated heterocycles. The molecule has 4 aromatic rings. The van der Waals surface area contributed by atoms with E-state index in [2.05, 4.69) is 92.1 Å². The number of fused-ring (bicyclic) bond motifs is 1. The molecule has 1 aliphatic carbocycles. The van der Waals surface area contributed by atoms with Crippen LogP contribution in [0.4, 0.5) is 0 Å². The zero-order chi connectivity index (χ0) is 26.9. The maximum atomic E-state index is 12.6. The van der Waals surface area contributed by atoms with Crippen molar-refractivity contribution in [2.45, 2.75) is 31.3 Å². The summed E-state index contributed by atoms with van der Waals surface area (Å²) in [6.07, 6.45) is 9.00. The molecular formula is C34H35N5O. The van der Waals surface area contributed by atoms with Gasteiger partial charge in [-0.1, -0.05) is 66.7 Å². The maximum absolute atomic E-state index is 12.6. The van der Waals surface area contributed by atoms with Crippen molar-refractivity contribution in [1.29, 1.82) is 0 Å². The van der Waals surface area contributed by atoms with Gasteiger partial charge in [-0.2, -0.15) is 5.10 Å². The summed E-state index contributed by atoms with van der Waals surface area (Å²) in [6, 6.07) is 26.2. The van der Waals surface area contributed by atoms with Gasteiger partial charge in [-0.05, 0) is 59.4 Å². The lowest BCUT2D eigenvalue weighted by molar-refractivity contribution is -0.116. The summed E-state index contributed by atoms with van der Waals surface area (Å²) in [5.74, 6) is 0.0675. The average molecular weight is 530 g/mol. The molecule has 2 N–H and O–H groups in total. The van der Waals surface area contributed by atoms with Gasteiger partial charge >= 0.3 is 0 Å². The number of nitrogens with zero attached hydrogens (tertiary/aromatic N) is 3. The van der Waals surface area contributed by atoms with Crippen LogP contribution >= 0.6 is 0 Å². The van der Waals surface area contributed by atoms with Gasteiger partial charge < -0.3 is 5.32 Å². The lowest BCUT2D eigenvalue weighted by Gasteiger charge is -2.34. The fourth-order valence-electron chi connectivity index (χ4n) is 6.06. The molecule has 1 atom stereocenters. The number of piperazine rings is 1. The largest absolute Gasteiger partial charge is 0.351 e. The molecule has 0 radical (unpaired) electrons. The Hall–Kier alpha value is -4.00. The lowest BCUT2D eigenvalue weighted by Crippen LogP contribution is -2.46. The zero-order valence-corrected chi connectivity index (χ0v) is 22.7. The second kappa shape index (κ2) is 10.9. The van der Waals surface area contributed by atoms with Crippen LogP contribution in [0, 0.1) is 0 Å². The first-order valence-electron chi connectivity index (χ1n) is 14.5. The van der Waals surface area contributed by atoms with Crippen LogP contribution in [0.1, 0.15) is 46.7 Å². The normalized spacial score (nSPS) is 21.6. The van der Waals surface area contributed by atoms with E-state index in [9.17, 15) is 4.79 Å². The number of aromatic amines is 1. The summed E-state index contributed by atoms with van der Waals surface area (Å²) in [6.45, 7) is 6.43. The Kier molecular flexibility index (Phi) is 6.80. The molecule has 0 spiro atoms. The minimum absolute atomic E-state index is 0.00403. The van der Waals surface area contributed by atoms with Gasteiger partial charge in [0.05, 0.1) is 11.2 Å². The van der Waals surface area contributed by atoms with Crippen LogP contribution < -0.4 is 5.32 Å². The predicted molar refractivity (Wildman–Crippen MR) is 162 cm³/mol. The SMILES string of the molecule is O=C1NCC(c2ccccc2)C1=Cc1ccc2c(/C=C/c3ccc(CN4CCN(C5CC5)CC4)cc3)n[nH]c2c1. The molecular weight excluding hydrogens is 494 g/mol. The molecule has 3 aliphatic rings. The highest BCUT2D eigenvalue weighted by atomic mass is 16.2. The Morgan fingerprint density at radius 1 is 0.875 bits per heavy atom. The quantitative estimate of drug-likeness (QED) is 0.319. The van der Waals surface area contributed by atoms with Crippen molar-refractivity contribution < 1.29 is 4.79 Å². The standard InChI is InChI=1S/C34H35N5O/c40-34-30(31(22-35-34)27-4-2-1-3-5-27)20-26-10-14-29-32(36-37-33(29)21-26)15-11-24-6-8-25(9-7-24)23-38-16-18-39(19-17-38)28-12-13-28/h1-11,14-15,20-21,28,31H,12-13,16-19,22-23H2,(H,35,40)(H,36,37)/b15-11+,30-20?. The van der Waals surface area contributed by atoms with Crippen molar-refractivity contribution in [2.24, 2.45) is 0 Å². The van der Waals surface area contributed by atoms with Crippen molar-refractivity contribution in [3.05, 3.63) is 106 Å². The maximum Gasteiger partial charge on any atom is 0.247 e. The fraction of sp³-hybridized carbons (Fsp3) is 0.294. The number of carbonyl (C=O) groups is 1. The first-order chi connectivity index (χ1) is 19.7. The van der Waals surface area contributed by atoms with Crippen molar-refractivity contribution >= 4 is 35.0 Å². The van der Waals surface area contributed by atoms with Crippen molar-refractivity contribution in [1.82, 2.24) is 25.3 Å². The molecule has 202 valence electrons. The molecule has 0 bridgehead atoms. The van der Waals surface area contributed by atoms with Gasteiger partial charge in [0.25, 0.3) is 0 Å². The van der Waals surface area contributed by atoms with Gasteiger partial charge in [-0.25, -0.2) is 0 Å². The van der Waals surface area contributed by atoms with E-state index in [-0.39, 0.29) is 11.8 Å². The molecule has 6 heteroatoms. The minimum atomic E-state index is 0.00403. The van der Waals surface area contributed by atoms with Crippen LogP contribution in [0.5, 0.6) is 0 Å². The molecule has 3 heterocycles. The Morgan fingerprint density at radius 2 is 1.65 bits per heavy atom. The smallest absolute Gasteiger partial charge is 0.247 e. The topological polar surface area (TPSA) is 64.3 Å². The molecule has 1 amide bonds. The van der Waals surface area contributed by atoms with Crippen LogP contribution in [0.25, 0.3) is 29.1 Å². The van der Waals surface area contributed by atoms with Crippen molar-refractivity contribution in [3.63, 3.8) is 0 Å². The Bertz CT molecular complexity index is 1560. The molecule has 2 aliphatic heterocycles. The summed E-state index contributed by atoms with van der Waals surface area (Å²) < 4.78 is 0. The number of hydrogen-bond acceptors (Lipinski definition) is 4. The number of nitrogens with one attached hydrogen (secondary N) is 2. The predicted octanol–water partition coefficient (Wildman–Crippen LogP) is 5.31. The highest BCUT2D eigenvalue weighted by molar-refractivity contribution is 6.02. The molecule has 6 nitrogen and oxygen atoms in total. The monoisotopic (exact) mass is 529 g/mol. The van der Waals surface area contributed by atoms with E-state index in [1.807, 2.05) is 24.3 Å². The van der Waals surface area contributed by atoms with E-state index >= 15 is 0 Å². The summed E-state index contributed by atoms with van der Waals surface area (Å²) >= 11 is 0. The molecule has 7 rings (SSSR count). The lowest BCUT2D eigenvalue weighted by atomic mass is 9.92. The first kappa shape index (κ1) is 25.0. The second-order valence-electron chi connectivity index (χ2n) is 11.3. The summed E-state index contributed by atoms with van der Waals surface area (Å²) in [4.78, 5) is 17.8. The van der Waals surface area contributed by atoms with Gasteiger partial charge in [0, 0.05) is 62.2 Å². The van der Waals surface area contributed by atoms with E-state index in [1.54, 1.807) is 0 Å². The number of benzene rings is 3. The van der Waals surface area contributed by atoms with Crippen LogP contribution in [0.2, 0.25) is 0 Å². The molecule has 3 aromatic carbocycles.